The van der Waals surface area contributed by atoms with Crippen molar-refractivity contribution in [3.05, 3.63) is 0 Å². The Morgan fingerprint density at radius 2 is 0.348 bits per heavy atom. The van der Waals surface area contributed by atoms with Gasteiger partial charge in [0.2, 0.25) is 0 Å². The maximum Gasteiger partial charge on any atom is 3.00 e. The van der Waals surface area contributed by atoms with Crippen LogP contribution in [0.3, 0.4) is 0 Å². The molecular formula is H12Nd2O18S3. The second-order valence-corrected chi connectivity index (χ2v) is 3.67. The first-order valence-electron chi connectivity index (χ1n) is 2.00. The van der Waals surface area contributed by atoms with Gasteiger partial charge in [-0.15, -0.1) is 0 Å². The summed E-state index contributed by atoms with van der Waals surface area (Å²) in [5, 5.41) is 0. The summed E-state index contributed by atoms with van der Waals surface area (Å²) in [4.78, 5) is 0. The van der Waals surface area contributed by atoms with Crippen LogP contribution in [-0.4, -0.2) is 85.4 Å². The number of hydrogen-bond donors (Lipinski definition) is 0. The minimum Gasteiger partial charge on any atom is -0.759 e. The van der Waals surface area contributed by atoms with Crippen LogP contribution < -0.4 is 0 Å². The molecule has 23 heavy (non-hydrogen) atoms. The van der Waals surface area contributed by atoms with E-state index in [0.29, 0.717) is 0 Å². The minimum absolute atomic E-state index is 0. The van der Waals surface area contributed by atoms with Crippen LogP contribution in [-0.2, 0) is 31.2 Å². The van der Waals surface area contributed by atoms with E-state index in [-0.39, 0.29) is 115 Å². The molecule has 0 aliphatic rings. The number of rotatable bonds is 0. The number of hydrogen-bond acceptors (Lipinski definition) is 12. The predicted molar refractivity (Wildman–Crippen MR) is 53.1 cm³/mol. The molecule has 0 aliphatic heterocycles. The summed E-state index contributed by atoms with van der Waals surface area (Å²) >= 11 is 0. The van der Waals surface area contributed by atoms with E-state index in [1.54, 1.807) is 0 Å². The third kappa shape index (κ3) is 2730. The van der Waals surface area contributed by atoms with Gasteiger partial charge in [0.05, 0.1) is 0 Å². The van der Waals surface area contributed by atoms with Crippen molar-refractivity contribution in [2.75, 3.05) is 0 Å². The molecule has 0 atom stereocenters. The first-order chi connectivity index (χ1) is 6.00. The summed E-state index contributed by atoms with van der Waals surface area (Å²) in [6.45, 7) is 0. The molecular weight excluding hydrogens is 673 g/mol. The maximum absolute atomic E-state index is 8.52. The zero-order chi connectivity index (χ0) is 13.5. The normalized spacial score (nSPS) is 7.57. The fourth-order valence-electron chi connectivity index (χ4n) is 0. The van der Waals surface area contributed by atoms with E-state index in [9.17, 15) is 0 Å². The SMILES string of the molecule is O.O.O.O.O.O.O=S(=O)([O-])[O-].O=S(=O)([O-])[O-].O=S(=O)([O-])[O-].[Nd+3].[Nd+3]. The third-order valence-electron chi connectivity index (χ3n) is 0. The van der Waals surface area contributed by atoms with Crippen molar-refractivity contribution < 1.29 is 167 Å². The van der Waals surface area contributed by atoms with Crippen molar-refractivity contribution in [2.45, 2.75) is 0 Å². The quantitative estimate of drug-likeness (QED) is 0.169. The summed E-state index contributed by atoms with van der Waals surface area (Å²) < 4.78 is 102. The van der Waals surface area contributed by atoms with Gasteiger partial charge in [0.1, 0.15) is 0 Å². The molecule has 0 aromatic carbocycles. The van der Waals surface area contributed by atoms with Crippen molar-refractivity contribution >= 4 is 31.2 Å². The summed E-state index contributed by atoms with van der Waals surface area (Å²) in [5.41, 5.74) is 0. The average Bonchev–Trinajstić information content (AvgIpc) is 1.41. The molecule has 0 aliphatic carbocycles. The molecule has 0 saturated carbocycles. The predicted octanol–water partition coefficient (Wildman–Crippen LogP) is -8.96. The Morgan fingerprint density at radius 3 is 0.348 bits per heavy atom. The molecule has 0 bridgehead atoms. The molecule has 23 heteroatoms. The molecule has 0 aromatic rings. The second kappa shape index (κ2) is 31.8. The van der Waals surface area contributed by atoms with E-state index >= 15 is 0 Å². The Morgan fingerprint density at radius 1 is 0.348 bits per heavy atom. The monoisotopic (exact) mass is 680 g/mol. The van der Waals surface area contributed by atoms with Crippen molar-refractivity contribution in [1.82, 2.24) is 0 Å². The Labute approximate surface area is 195 Å². The van der Waals surface area contributed by atoms with E-state index < -0.39 is 31.2 Å². The van der Waals surface area contributed by atoms with Crippen molar-refractivity contribution in [3.63, 3.8) is 0 Å². The molecule has 0 spiro atoms. The summed E-state index contributed by atoms with van der Waals surface area (Å²) in [7, 11) is -15.5. The standard InChI is InChI=1S/2Nd.3H2O4S.6H2O/c;;3*1-5(2,3)4;;;;;;/h;;3*(H2,1,2,3,4);6*1H2/q2*+3;;;;;;;;;/p-6. The smallest absolute Gasteiger partial charge is 0.759 e. The van der Waals surface area contributed by atoms with Crippen LogP contribution in [0.2, 0.25) is 0 Å². The molecule has 0 heterocycles. The van der Waals surface area contributed by atoms with Crippen LogP contribution in [0.15, 0.2) is 0 Å². The Balaban J connectivity index is -0.00000000889. The average molecular weight is 685 g/mol. The maximum atomic E-state index is 8.52. The summed E-state index contributed by atoms with van der Waals surface area (Å²) in [6.07, 6.45) is 0. The zero-order valence-corrected chi connectivity index (χ0v) is 19.0. The van der Waals surface area contributed by atoms with Gasteiger partial charge in [-0.3, -0.25) is 25.3 Å². The Bertz CT molecular complexity index is 343. The molecule has 12 N–H and O–H groups in total. The van der Waals surface area contributed by atoms with E-state index in [1.807, 2.05) is 0 Å². The van der Waals surface area contributed by atoms with Crippen LogP contribution in [0.1, 0.15) is 0 Å². The van der Waals surface area contributed by atoms with Crippen molar-refractivity contribution in [1.29, 1.82) is 0 Å². The Kier molecular flexibility index (Phi) is 101. The molecule has 0 saturated heterocycles. The fourth-order valence-corrected chi connectivity index (χ4v) is 0. The second-order valence-electron chi connectivity index (χ2n) is 1.22. The van der Waals surface area contributed by atoms with Gasteiger partial charge in [0.15, 0.2) is 0 Å². The van der Waals surface area contributed by atoms with Crippen LogP contribution in [0.25, 0.3) is 0 Å². The first-order valence-corrected chi connectivity index (χ1v) is 6.00. The van der Waals surface area contributed by atoms with Gasteiger partial charge < -0.3 is 60.2 Å². The molecule has 0 amide bonds. The van der Waals surface area contributed by atoms with Gasteiger partial charge >= 0.3 is 81.7 Å². The van der Waals surface area contributed by atoms with Gasteiger partial charge in [0, 0.05) is 31.2 Å². The molecule has 18 nitrogen and oxygen atoms in total. The molecule has 0 aromatic heterocycles. The fraction of sp³-hybridized carbons (Fsp3) is 0. The van der Waals surface area contributed by atoms with Crippen LogP contribution >= 0.6 is 0 Å². The zero-order valence-electron chi connectivity index (χ0n) is 10.1. The van der Waals surface area contributed by atoms with Crippen LogP contribution in [0.5, 0.6) is 0 Å². The third-order valence-corrected chi connectivity index (χ3v) is 0. The molecule has 0 fully saturated rings. The van der Waals surface area contributed by atoms with Crippen molar-refractivity contribution in [2.24, 2.45) is 0 Å². The topological polar surface area (TPSA) is 430 Å². The van der Waals surface area contributed by atoms with E-state index in [0.717, 1.165) is 0 Å². The summed E-state index contributed by atoms with van der Waals surface area (Å²) in [6, 6.07) is 0. The Hall–Kier alpha value is 2.07. The van der Waals surface area contributed by atoms with Gasteiger partial charge in [-0.05, 0) is 0 Å². The summed E-state index contributed by atoms with van der Waals surface area (Å²) in [5.74, 6) is 0. The van der Waals surface area contributed by atoms with Gasteiger partial charge in [-0.1, -0.05) is 0 Å². The minimum atomic E-state index is -5.17. The van der Waals surface area contributed by atoms with E-state index in [4.69, 9.17) is 52.6 Å². The molecule has 0 unspecified atom stereocenters. The van der Waals surface area contributed by atoms with Crippen molar-refractivity contribution in [3.8, 4) is 0 Å². The van der Waals surface area contributed by atoms with Gasteiger partial charge in [-0.25, -0.2) is 0 Å². The first kappa shape index (κ1) is 73.4. The molecule has 146 valence electrons. The van der Waals surface area contributed by atoms with E-state index in [1.165, 1.54) is 0 Å². The molecule has 0 rings (SSSR count). The largest absolute Gasteiger partial charge is 3.00 e. The van der Waals surface area contributed by atoms with Gasteiger partial charge in [-0.2, -0.15) is 0 Å². The van der Waals surface area contributed by atoms with E-state index in [2.05, 4.69) is 0 Å². The van der Waals surface area contributed by atoms with Crippen LogP contribution in [0.4, 0.5) is 0 Å². The van der Waals surface area contributed by atoms with Gasteiger partial charge in [0.25, 0.3) is 0 Å². The van der Waals surface area contributed by atoms with Crippen LogP contribution in [0, 0.1) is 81.7 Å². The molecule has 2 radical (unpaired) electrons.